The van der Waals surface area contributed by atoms with Gasteiger partial charge in [0.1, 0.15) is 5.76 Å². The normalized spacial score (nSPS) is 22.9. The Bertz CT molecular complexity index is 504. The lowest BCUT2D eigenvalue weighted by molar-refractivity contribution is -0.153. The van der Waals surface area contributed by atoms with Crippen LogP contribution in [0.1, 0.15) is 49.2 Å². The second kappa shape index (κ2) is 5.64. The highest BCUT2D eigenvalue weighted by molar-refractivity contribution is 5.86. The first-order valence-corrected chi connectivity index (χ1v) is 6.91. The number of hydrogen-bond acceptors (Lipinski definition) is 4. The van der Waals surface area contributed by atoms with Crippen LogP contribution in [0.2, 0.25) is 0 Å². The summed E-state index contributed by atoms with van der Waals surface area (Å²) in [6.07, 6.45) is 1.93. The van der Waals surface area contributed by atoms with Crippen LogP contribution in [-0.4, -0.2) is 22.1 Å². The summed E-state index contributed by atoms with van der Waals surface area (Å²) >= 11 is 0. The average Bonchev–Trinajstić information content (AvgIpc) is 2.64. The van der Waals surface area contributed by atoms with E-state index < -0.39 is 17.8 Å². The molecule has 1 aromatic heterocycles. The smallest absolute Gasteiger partial charge is 0.307 e. The summed E-state index contributed by atoms with van der Waals surface area (Å²) in [6.45, 7) is 5.61. The van der Waals surface area contributed by atoms with E-state index in [0.717, 1.165) is 11.3 Å². The zero-order valence-electron chi connectivity index (χ0n) is 12.0. The highest BCUT2D eigenvalue weighted by Crippen LogP contribution is 2.35. The fourth-order valence-electron chi connectivity index (χ4n) is 2.75. The van der Waals surface area contributed by atoms with Crippen LogP contribution in [0.25, 0.3) is 0 Å². The number of aromatic nitrogens is 1. The van der Waals surface area contributed by atoms with E-state index in [4.69, 9.17) is 9.63 Å². The molecule has 110 valence electrons. The Morgan fingerprint density at radius 3 is 2.45 bits per heavy atom. The summed E-state index contributed by atoms with van der Waals surface area (Å²) in [5.41, 5.74) is 1.66. The molecule has 0 radical (unpaired) electrons. The molecule has 0 aromatic carbocycles. The van der Waals surface area contributed by atoms with Crippen molar-refractivity contribution in [2.75, 3.05) is 0 Å². The third kappa shape index (κ3) is 2.55. The van der Waals surface area contributed by atoms with Gasteiger partial charge in [0.25, 0.3) is 0 Å². The summed E-state index contributed by atoms with van der Waals surface area (Å²) in [4.78, 5) is 23.2. The molecule has 6 heteroatoms. The topological polar surface area (TPSA) is 92.4 Å². The zero-order valence-corrected chi connectivity index (χ0v) is 12.0. The lowest BCUT2D eigenvalue weighted by Crippen LogP contribution is -2.45. The van der Waals surface area contributed by atoms with Gasteiger partial charge in [-0.1, -0.05) is 12.1 Å². The van der Waals surface area contributed by atoms with Crippen molar-refractivity contribution in [1.29, 1.82) is 0 Å². The van der Waals surface area contributed by atoms with Gasteiger partial charge in [0.05, 0.1) is 23.6 Å². The SMILES string of the molecule is CCC(NC(=O)C1CCC1C(=O)O)c1c(C)noc1C. The molecule has 1 heterocycles. The number of carbonyl (C=O) groups is 2. The quantitative estimate of drug-likeness (QED) is 0.860. The Morgan fingerprint density at radius 2 is 2.05 bits per heavy atom. The minimum Gasteiger partial charge on any atom is -0.481 e. The Labute approximate surface area is 117 Å². The molecule has 1 aliphatic carbocycles. The van der Waals surface area contributed by atoms with Gasteiger partial charge >= 0.3 is 5.97 Å². The molecule has 0 spiro atoms. The van der Waals surface area contributed by atoms with Crippen LogP contribution in [0.4, 0.5) is 0 Å². The predicted molar refractivity (Wildman–Crippen MR) is 71.0 cm³/mol. The molecule has 0 saturated heterocycles. The summed E-state index contributed by atoms with van der Waals surface area (Å²) in [6, 6.07) is -0.177. The van der Waals surface area contributed by atoms with Gasteiger partial charge in [-0.2, -0.15) is 0 Å². The van der Waals surface area contributed by atoms with Crippen LogP contribution in [0.15, 0.2) is 4.52 Å². The van der Waals surface area contributed by atoms with E-state index in [9.17, 15) is 9.59 Å². The number of carboxylic acids is 1. The molecule has 1 amide bonds. The van der Waals surface area contributed by atoms with Gasteiger partial charge < -0.3 is 14.9 Å². The molecule has 1 aliphatic rings. The van der Waals surface area contributed by atoms with E-state index in [1.165, 1.54) is 0 Å². The molecule has 2 rings (SSSR count). The van der Waals surface area contributed by atoms with E-state index >= 15 is 0 Å². The Morgan fingerprint density at radius 1 is 1.40 bits per heavy atom. The third-order valence-corrected chi connectivity index (χ3v) is 4.09. The minimum absolute atomic E-state index is 0.177. The third-order valence-electron chi connectivity index (χ3n) is 4.09. The molecule has 0 aliphatic heterocycles. The molecule has 2 N–H and O–H groups in total. The number of nitrogens with zero attached hydrogens (tertiary/aromatic N) is 1. The van der Waals surface area contributed by atoms with Crippen LogP contribution >= 0.6 is 0 Å². The van der Waals surface area contributed by atoms with Crippen LogP contribution in [0.3, 0.4) is 0 Å². The van der Waals surface area contributed by atoms with Crippen LogP contribution in [0, 0.1) is 25.7 Å². The van der Waals surface area contributed by atoms with Crippen molar-refractivity contribution in [1.82, 2.24) is 10.5 Å². The van der Waals surface area contributed by atoms with E-state index in [0.29, 0.717) is 25.0 Å². The summed E-state index contributed by atoms with van der Waals surface area (Å²) in [5, 5.41) is 15.8. The maximum absolute atomic E-state index is 12.2. The molecule has 6 nitrogen and oxygen atoms in total. The lowest BCUT2D eigenvalue weighted by atomic mass is 9.73. The average molecular weight is 280 g/mol. The number of carboxylic acid groups (broad SMARTS) is 1. The Kier molecular flexibility index (Phi) is 4.11. The van der Waals surface area contributed by atoms with Gasteiger partial charge in [-0.15, -0.1) is 0 Å². The van der Waals surface area contributed by atoms with Crippen molar-refractivity contribution in [2.24, 2.45) is 11.8 Å². The standard InChI is InChI=1S/C14H20N2O4/c1-4-11(12-7(2)16-20-8(12)3)15-13(17)9-5-6-10(9)14(18)19/h9-11H,4-6H2,1-3H3,(H,15,17)(H,18,19). The zero-order chi connectivity index (χ0) is 14.9. The number of carbonyl (C=O) groups excluding carboxylic acids is 1. The molecule has 1 aromatic rings. The first kappa shape index (κ1) is 14.6. The highest BCUT2D eigenvalue weighted by atomic mass is 16.5. The number of hydrogen-bond donors (Lipinski definition) is 2. The maximum atomic E-state index is 12.2. The van der Waals surface area contributed by atoms with E-state index in [2.05, 4.69) is 10.5 Å². The number of amides is 1. The van der Waals surface area contributed by atoms with E-state index in [-0.39, 0.29) is 11.9 Å². The number of aryl methyl sites for hydroxylation is 2. The van der Waals surface area contributed by atoms with Crippen molar-refractivity contribution in [3.8, 4) is 0 Å². The second-order valence-electron chi connectivity index (χ2n) is 5.34. The Hall–Kier alpha value is -1.85. The summed E-state index contributed by atoms with van der Waals surface area (Å²) < 4.78 is 5.12. The van der Waals surface area contributed by atoms with Crippen molar-refractivity contribution in [2.45, 2.75) is 46.1 Å². The molecule has 3 unspecified atom stereocenters. The van der Waals surface area contributed by atoms with Crippen molar-refractivity contribution >= 4 is 11.9 Å². The summed E-state index contributed by atoms with van der Waals surface area (Å²) in [5.74, 6) is -1.34. The van der Waals surface area contributed by atoms with Gasteiger partial charge in [0.2, 0.25) is 5.91 Å². The first-order valence-electron chi connectivity index (χ1n) is 6.91. The van der Waals surface area contributed by atoms with Crippen LogP contribution < -0.4 is 5.32 Å². The first-order chi connectivity index (χ1) is 9.45. The highest BCUT2D eigenvalue weighted by Gasteiger charge is 2.42. The van der Waals surface area contributed by atoms with Gasteiger partial charge in [-0.3, -0.25) is 9.59 Å². The van der Waals surface area contributed by atoms with Crippen molar-refractivity contribution < 1.29 is 19.2 Å². The molecule has 0 bridgehead atoms. The molecular formula is C14H20N2O4. The predicted octanol–water partition coefficient (Wildman–Crippen LogP) is 1.97. The largest absolute Gasteiger partial charge is 0.481 e. The monoisotopic (exact) mass is 280 g/mol. The number of aliphatic carboxylic acids is 1. The van der Waals surface area contributed by atoms with Gasteiger partial charge in [0, 0.05) is 5.56 Å². The van der Waals surface area contributed by atoms with Crippen LogP contribution in [0.5, 0.6) is 0 Å². The molecule has 3 atom stereocenters. The molecule has 20 heavy (non-hydrogen) atoms. The molecule has 1 fully saturated rings. The summed E-state index contributed by atoms with van der Waals surface area (Å²) in [7, 11) is 0. The number of rotatable bonds is 5. The molecule has 1 saturated carbocycles. The minimum atomic E-state index is -0.887. The fraction of sp³-hybridized carbons (Fsp3) is 0.643. The van der Waals surface area contributed by atoms with Gasteiger partial charge in [-0.25, -0.2) is 0 Å². The van der Waals surface area contributed by atoms with Gasteiger partial charge in [-0.05, 0) is 33.1 Å². The molecular weight excluding hydrogens is 260 g/mol. The van der Waals surface area contributed by atoms with Crippen molar-refractivity contribution in [3.63, 3.8) is 0 Å². The number of nitrogens with one attached hydrogen (secondary N) is 1. The van der Waals surface area contributed by atoms with Crippen molar-refractivity contribution in [3.05, 3.63) is 17.0 Å². The van der Waals surface area contributed by atoms with Crippen LogP contribution in [-0.2, 0) is 9.59 Å². The lowest BCUT2D eigenvalue weighted by Gasteiger charge is -2.33. The van der Waals surface area contributed by atoms with E-state index in [1.54, 1.807) is 0 Å². The Balaban J connectivity index is 2.08. The fourth-order valence-corrected chi connectivity index (χ4v) is 2.75. The van der Waals surface area contributed by atoms with E-state index in [1.807, 2.05) is 20.8 Å². The maximum Gasteiger partial charge on any atom is 0.307 e. The van der Waals surface area contributed by atoms with Gasteiger partial charge in [0.15, 0.2) is 0 Å². The second-order valence-corrected chi connectivity index (χ2v) is 5.34.